The van der Waals surface area contributed by atoms with Gasteiger partial charge in [0.15, 0.2) is 0 Å². The molecule has 7 nitrogen and oxygen atoms in total. The fourth-order valence-corrected chi connectivity index (χ4v) is 3.58. The third kappa shape index (κ3) is 3.24. The summed E-state index contributed by atoms with van der Waals surface area (Å²) in [6.45, 7) is 4.46. The maximum Gasteiger partial charge on any atom is 0.255 e. The molecule has 1 N–H and O–H groups in total. The molecule has 0 bridgehead atoms. The van der Waals surface area contributed by atoms with Crippen molar-refractivity contribution in [2.24, 2.45) is 5.92 Å². The van der Waals surface area contributed by atoms with Gasteiger partial charge in [-0.05, 0) is 43.4 Å². The number of fused-ring (bicyclic) bond motifs is 1. The first-order chi connectivity index (χ1) is 12.7. The minimum atomic E-state index is -0.0672. The average Bonchev–Trinajstić information content (AvgIpc) is 3.13. The molecule has 0 spiro atoms. The number of amides is 1. The molecule has 1 fully saturated rings. The van der Waals surface area contributed by atoms with Gasteiger partial charge in [-0.1, -0.05) is 6.07 Å². The van der Waals surface area contributed by atoms with Crippen LogP contribution in [-0.2, 0) is 0 Å². The van der Waals surface area contributed by atoms with Crippen LogP contribution in [0.2, 0.25) is 0 Å². The molecule has 26 heavy (non-hydrogen) atoms. The Bertz CT molecular complexity index is 907. The largest absolute Gasteiger partial charge is 0.352 e. The van der Waals surface area contributed by atoms with Gasteiger partial charge in [-0.3, -0.25) is 4.79 Å². The topological polar surface area (TPSA) is 75.4 Å². The lowest BCUT2D eigenvalue weighted by Crippen LogP contribution is -2.41. The smallest absolute Gasteiger partial charge is 0.255 e. The molecule has 134 valence electrons. The zero-order valence-electron chi connectivity index (χ0n) is 14.8. The quantitative estimate of drug-likeness (QED) is 0.780. The van der Waals surface area contributed by atoms with E-state index in [9.17, 15) is 4.79 Å². The predicted octanol–water partition coefficient (Wildman–Crippen LogP) is 2.08. The van der Waals surface area contributed by atoms with Crippen molar-refractivity contribution in [2.75, 3.05) is 24.5 Å². The van der Waals surface area contributed by atoms with E-state index in [1.807, 2.05) is 31.3 Å². The molecule has 0 aliphatic carbocycles. The van der Waals surface area contributed by atoms with E-state index in [0.717, 1.165) is 43.0 Å². The molecule has 1 atom stereocenters. The number of hydrogen-bond acceptors (Lipinski definition) is 5. The molecular weight excluding hydrogens is 328 g/mol. The number of nitrogens with zero attached hydrogens (tertiary/aromatic N) is 5. The van der Waals surface area contributed by atoms with Crippen LogP contribution in [0.4, 0.5) is 5.95 Å². The first-order valence-electron chi connectivity index (χ1n) is 8.95. The summed E-state index contributed by atoms with van der Waals surface area (Å²) < 4.78 is 1.75. The molecule has 3 aromatic rings. The van der Waals surface area contributed by atoms with Crippen molar-refractivity contribution in [3.05, 3.63) is 54.1 Å². The highest BCUT2D eigenvalue weighted by molar-refractivity contribution is 6.01. The highest BCUT2D eigenvalue weighted by Crippen LogP contribution is 2.20. The van der Waals surface area contributed by atoms with Gasteiger partial charge in [0.1, 0.15) is 0 Å². The second-order valence-corrected chi connectivity index (χ2v) is 6.76. The SMILES string of the molecule is Cc1cccn2ncc(C(=O)NCC3CCCN(c4ncccn4)C3)c12. The molecule has 0 radical (unpaired) electrons. The summed E-state index contributed by atoms with van der Waals surface area (Å²) in [6.07, 6.45) is 9.20. The summed E-state index contributed by atoms with van der Waals surface area (Å²) in [5, 5.41) is 7.36. The van der Waals surface area contributed by atoms with E-state index in [1.54, 1.807) is 23.1 Å². The van der Waals surface area contributed by atoms with Crippen molar-refractivity contribution < 1.29 is 4.79 Å². The minimum absolute atomic E-state index is 0.0672. The lowest BCUT2D eigenvalue weighted by Gasteiger charge is -2.32. The van der Waals surface area contributed by atoms with Crippen LogP contribution in [-0.4, -0.2) is 45.1 Å². The van der Waals surface area contributed by atoms with E-state index in [4.69, 9.17) is 0 Å². The molecule has 0 aromatic carbocycles. The molecule has 1 unspecified atom stereocenters. The Labute approximate surface area is 152 Å². The van der Waals surface area contributed by atoms with Crippen molar-refractivity contribution in [1.82, 2.24) is 24.9 Å². The molecule has 4 rings (SSSR count). The van der Waals surface area contributed by atoms with Gasteiger partial charge in [-0.25, -0.2) is 14.5 Å². The van der Waals surface area contributed by atoms with Crippen molar-refractivity contribution in [3.8, 4) is 0 Å². The Hall–Kier alpha value is -2.96. The average molecular weight is 350 g/mol. The molecule has 1 aliphatic rings. The third-order valence-electron chi connectivity index (χ3n) is 4.89. The van der Waals surface area contributed by atoms with E-state index >= 15 is 0 Å². The van der Waals surface area contributed by atoms with Gasteiger partial charge in [-0.15, -0.1) is 0 Å². The van der Waals surface area contributed by atoms with Crippen LogP contribution < -0.4 is 10.2 Å². The summed E-state index contributed by atoms with van der Waals surface area (Å²) in [4.78, 5) is 23.5. The molecule has 0 saturated carbocycles. The van der Waals surface area contributed by atoms with Gasteiger partial charge in [-0.2, -0.15) is 5.10 Å². The maximum absolute atomic E-state index is 12.7. The lowest BCUT2D eigenvalue weighted by atomic mass is 9.98. The normalized spacial score (nSPS) is 17.4. The zero-order valence-corrected chi connectivity index (χ0v) is 14.8. The molecule has 3 aromatic heterocycles. The number of rotatable bonds is 4. The van der Waals surface area contributed by atoms with Crippen molar-refractivity contribution in [1.29, 1.82) is 0 Å². The Morgan fingerprint density at radius 3 is 3.00 bits per heavy atom. The highest BCUT2D eigenvalue weighted by atomic mass is 16.1. The number of hydrogen-bond donors (Lipinski definition) is 1. The fraction of sp³-hybridized carbons (Fsp3) is 0.368. The van der Waals surface area contributed by atoms with Crippen molar-refractivity contribution in [3.63, 3.8) is 0 Å². The van der Waals surface area contributed by atoms with Gasteiger partial charge < -0.3 is 10.2 Å². The standard InChI is InChI=1S/C19H22N6O/c1-14-5-2-10-25-17(14)16(12-23-25)18(26)22-11-15-6-3-9-24(13-15)19-20-7-4-8-21-19/h2,4-5,7-8,10,12,15H,3,6,9,11,13H2,1H3,(H,22,26). The Balaban J connectivity index is 1.41. The van der Waals surface area contributed by atoms with E-state index in [2.05, 4.69) is 25.3 Å². The highest BCUT2D eigenvalue weighted by Gasteiger charge is 2.23. The van der Waals surface area contributed by atoms with Crippen LogP contribution in [0.1, 0.15) is 28.8 Å². The van der Waals surface area contributed by atoms with Crippen LogP contribution in [0, 0.1) is 12.8 Å². The van der Waals surface area contributed by atoms with Gasteiger partial charge in [0, 0.05) is 38.2 Å². The van der Waals surface area contributed by atoms with E-state index in [-0.39, 0.29) is 5.91 Å². The minimum Gasteiger partial charge on any atom is -0.352 e. The van der Waals surface area contributed by atoms with E-state index < -0.39 is 0 Å². The number of aromatic nitrogens is 4. The summed E-state index contributed by atoms with van der Waals surface area (Å²) in [7, 11) is 0. The second-order valence-electron chi connectivity index (χ2n) is 6.76. The Morgan fingerprint density at radius 2 is 2.15 bits per heavy atom. The number of anilines is 1. The summed E-state index contributed by atoms with van der Waals surface area (Å²) in [5.74, 6) is 1.09. The number of nitrogens with one attached hydrogen (secondary N) is 1. The number of carbonyl (C=O) groups is 1. The number of piperidine rings is 1. The summed E-state index contributed by atoms with van der Waals surface area (Å²) in [6, 6.07) is 5.75. The van der Waals surface area contributed by atoms with Crippen LogP contribution >= 0.6 is 0 Å². The number of carbonyl (C=O) groups excluding carboxylic acids is 1. The maximum atomic E-state index is 12.7. The van der Waals surface area contributed by atoms with E-state index in [0.29, 0.717) is 18.0 Å². The lowest BCUT2D eigenvalue weighted by molar-refractivity contribution is 0.0947. The molecule has 1 amide bonds. The predicted molar refractivity (Wildman–Crippen MR) is 99.2 cm³/mol. The zero-order chi connectivity index (χ0) is 17.9. The van der Waals surface area contributed by atoms with Gasteiger partial charge in [0.25, 0.3) is 5.91 Å². The van der Waals surface area contributed by atoms with Gasteiger partial charge in [0.05, 0.1) is 17.3 Å². The first-order valence-corrected chi connectivity index (χ1v) is 8.95. The van der Waals surface area contributed by atoms with Crippen molar-refractivity contribution >= 4 is 17.4 Å². The molecule has 1 aliphatic heterocycles. The van der Waals surface area contributed by atoms with E-state index in [1.165, 1.54) is 0 Å². The monoisotopic (exact) mass is 350 g/mol. The van der Waals surface area contributed by atoms with Gasteiger partial charge in [0.2, 0.25) is 5.95 Å². The molecule has 4 heterocycles. The summed E-state index contributed by atoms with van der Waals surface area (Å²) in [5.41, 5.74) is 2.54. The van der Waals surface area contributed by atoms with Crippen LogP contribution in [0.15, 0.2) is 43.0 Å². The summed E-state index contributed by atoms with van der Waals surface area (Å²) >= 11 is 0. The number of aryl methyl sites for hydroxylation is 1. The first kappa shape index (κ1) is 16.5. The molecule has 1 saturated heterocycles. The Kier molecular flexibility index (Phi) is 4.51. The molecular formula is C19H22N6O. The molecule has 7 heteroatoms. The van der Waals surface area contributed by atoms with Crippen LogP contribution in [0.5, 0.6) is 0 Å². The fourth-order valence-electron chi connectivity index (χ4n) is 3.58. The van der Waals surface area contributed by atoms with Crippen LogP contribution in [0.3, 0.4) is 0 Å². The van der Waals surface area contributed by atoms with Crippen molar-refractivity contribution in [2.45, 2.75) is 19.8 Å². The van der Waals surface area contributed by atoms with Gasteiger partial charge >= 0.3 is 0 Å². The Morgan fingerprint density at radius 1 is 1.31 bits per heavy atom. The van der Waals surface area contributed by atoms with Crippen LogP contribution in [0.25, 0.3) is 5.52 Å². The third-order valence-corrected chi connectivity index (χ3v) is 4.89. The second kappa shape index (κ2) is 7.11. The number of pyridine rings is 1.